The number of terminal acetylenes is 1. The van der Waals surface area contributed by atoms with Crippen LogP contribution in [0.15, 0.2) is 84.9 Å². The third kappa shape index (κ3) is 4.32. The van der Waals surface area contributed by atoms with Crippen LogP contribution in [0.2, 0.25) is 0 Å². The van der Waals surface area contributed by atoms with Gasteiger partial charge < -0.3 is 9.47 Å². The number of hydrogen-bond acceptors (Lipinski definition) is 6. The Bertz CT molecular complexity index is 2540. The fraction of sp³-hybridized carbons (Fsp3) is 0.122. The number of methoxy groups -OCH3 is 2. The van der Waals surface area contributed by atoms with E-state index in [0.29, 0.717) is 66.1 Å². The number of benzene rings is 6. The van der Waals surface area contributed by atoms with Gasteiger partial charge in [0.15, 0.2) is 0 Å². The van der Waals surface area contributed by atoms with Crippen LogP contribution in [-0.4, -0.2) is 47.6 Å². The molecule has 0 saturated carbocycles. The van der Waals surface area contributed by atoms with Crippen molar-refractivity contribution in [1.82, 2.24) is 9.80 Å². The maximum atomic E-state index is 13.9. The summed E-state index contributed by atoms with van der Waals surface area (Å²) in [5, 5.41) is 4.53. The molecule has 8 rings (SSSR count). The molecule has 2 aliphatic rings. The zero-order chi connectivity index (χ0) is 34.1. The van der Waals surface area contributed by atoms with Crippen LogP contribution in [0, 0.1) is 12.3 Å². The highest BCUT2D eigenvalue weighted by molar-refractivity contribution is 6.35. The topological polar surface area (TPSA) is 93.2 Å². The molecule has 0 N–H and O–H groups in total. The van der Waals surface area contributed by atoms with Crippen LogP contribution >= 0.6 is 0 Å². The van der Waals surface area contributed by atoms with Crippen molar-refractivity contribution in [1.29, 1.82) is 0 Å². The molecule has 6 aromatic rings. The molecule has 2 aliphatic heterocycles. The first-order chi connectivity index (χ1) is 23.7. The van der Waals surface area contributed by atoms with Crippen LogP contribution in [-0.2, 0) is 17.9 Å². The summed E-state index contributed by atoms with van der Waals surface area (Å²) >= 11 is 0. The highest BCUT2D eigenvalue weighted by Crippen LogP contribution is 2.42. The third-order valence-corrected chi connectivity index (χ3v) is 9.69. The molecule has 0 saturated heterocycles. The van der Waals surface area contributed by atoms with Gasteiger partial charge in [0.05, 0.1) is 27.3 Å². The van der Waals surface area contributed by atoms with Crippen LogP contribution in [0.25, 0.3) is 37.9 Å². The van der Waals surface area contributed by atoms with Gasteiger partial charge in [-0.3, -0.25) is 29.0 Å². The Morgan fingerprint density at radius 3 is 1.51 bits per heavy atom. The van der Waals surface area contributed by atoms with Crippen LogP contribution in [0.1, 0.15) is 54.7 Å². The smallest absolute Gasteiger partial charge is 0.261 e. The van der Waals surface area contributed by atoms with Gasteiger partial charge in [-0.25, -0.2) is 0 Å². The van der Waals surface area contributed by atoms with Gasteiger partial charge in [0, 0.05) is 43.8 Å². The predicted octanol–water partition coefficient (Wildman–Crippen LogP) is 6.01. The SMILES string of the molecule is C#Cc1c2ccc3c4c(ccc(c5ccc6c(c15)=C(C)C(=O)N(Cc1ccc(OC)cc1)C6=O)c24)C(=O)N(Cc1ccc(OC)cc1)C3=O. The van der Waals surface area contributed by atoms with E-state index in [1.807, 2.05) is 36.4 Å². The summed E-state index contributed by atoms with van der Waals surface area (Å²) < 4.78 is 10.5. The molecule has 4 amide bonds. The zero-order valence-corrected chi connectivity index (χ0v) is 26.9. The zero-order valence-electron chi connectivity index (χ0n) is 26.9. The van der Waals surface area contributed by atoms with Gasteiger partial charge in [-0.15, -0.1) is 6.42 Å². The minimum absolute atomic E-state index is 0.104. The first-order valence-electron chi connectivity index (χ1n) is 15.7. The molecule has 0 unspecified atom stereocenters. The quantitative estimate of drug-likeness (QED) is 0.0955. The predicted molar refractivity (Wildman–Crippen MR) is 186 cm³/mol. The number of carbonyl (C=O) groups is 4. The second-order valence-electron chi connectivity index (χ2n) is 12.2. The van der Waals surface area contributed by atoms with Gasteiger partial charge in [0.25, 0.3) is 23.6 Å². The summed E-state index contributed by atoms with van der Waals surface area (Å²) in [4.78, 5) is 58.1. The summed E-state index contributed by atoms with van der Waals surface area (Å²) in [7, 11) is 3.16. The van der Waals surface area contributed by atoms with Crippen molar-refractivity contribution in [2.75, 3.05) is 14.2 Å². The van der Waals surface area contributed by atoms with Gasteiger partial charge in [0.1, 0.15) is 11.5 Å². The number of carbonyl (C=O) groups excluding carboxylic acids is 4. The summed E-state index contributed by atoms with van der Waals surface area (Å²) in [6.07, 6.45) is 6.22. The number of hydrogen-bond donors (Lipinski definition) is 0. The second kappa shape index (κ2) is 11.1. The summed E-state index contributed by atoms with van der Waals surface area (Å²) in [6.45, 7) is 1.93. The van der Waals surface area contributed by atoms with E-state index < -0.39 is 23.6 Å². The number of fused-ring (bicyclic) bond motifs is 4. The highest BCUT2D eigenvalue weighted by atomic mass is 16.5. The fourth-order valence-corrected chi connectivity index (χ4v) is 7.27. The Hall–Kier alpha value is -6.46. The molecule has 0 radical (unpaired) electrons. The Morgan fingerprint density at radius 1 is 0.551 bits per heavy atom. The number of rotatable bonds is 6. The average Bonchev–Trinajstić information content (AvgIpc) is 3.14. The maximum absolute atomic E-state index is 13.9. The van der Waals surface area contributed by atoms with E-state index in [2.05, 4.69) is 5.92 Å². The lowest BCUT2D eigenvalue weighted by atomic mass is 9.83. The van der Waals surface area contributed by atoms with E-state index >= 15 is 0 Å². The molecular weight excluding hydrogens is 616 g/mol. The largest absolute Gasteiger partial charge is 0.497 e. The van der Waals surface area contributed by atoms with Gasteiger partial charge in [-0.05, 0) is 82.1 Å². The van der Waals surface area contributed by atoms with Crippen molar-refractivity contribution >= 4 is 61.5 Å². The summed E-state index contributed by atoms with van der Waals surface area (Å²) in [5.74, 6) is 2.59. The minimum Gasteiger partial charge on any atom is -0.497 e. The normalized spacial score (nSPS) is 14.2. The molecule has 49 heavy (non-hydrogen) atoms. The highest BCUT2D eigenvalue weighted by Gasteiger charge is 2.36. The molecule has 0 aromatic heterocycles. The maximum Gasteiger partial charge on any atom is 0.261 e. The van der Waals surface area contributed by atoms with E-state index in [1.54, 1.807) is 69.7 Å². The van der Waals surface area contributed by atoms with Crippen molar-refractivity contribution in [3.63, 3.8) is 0 Å². The van der Waals surface area contributed by atoms with E-state index in [-0.39, 0.29) is 13.1 Å². The van der Waals surface area contributed by atoms with Crippen molar-refractivity contribution < 1.29 is 28.7 Å². The number of ether oxygens (including phenoxy) is 2. The first-order valence-corrected chi connectivity index (χ1v) is 15.7. The molecule has 0 spiro atoms. The van der Waals surface area contributed by atoms with Gasteiger partial charge in [-0.2, -0.15) is 0 Å². The van der Waals surface area contributed by atoms with Crippen LogP contribution in [0.4, 0.5) is 0 Å². The van der Waals surface area contributed by atoms with Crippen molar-refractivity contribution in [2.45, 2.75) is 20.0 Å². The van der Waals surface area contributed by atoms with Crippen LogP contribution in [0.5, 0.6) is 11.5 Å². The van der Waals surface area contributed by atoms with Gasteiger partial charge >= 0.3 is 0 Å². The first kappa shape index (κ1) is 29.9. The summed E-state index contributed by atoms with van der Waals surface area (Å²) in [6, 6.07) is 25.2. The lowest BCUT2D eigenvalue weighted by Gasteiger charge is -2.29. The van der Waals surface area contributed by atoms with E-state index in [4.69, 9.17) is 15.9 Å². The molecule has 238 valence electrons. The monoisotopic (exact) mass is 644 g/mol. The third-order valence-electron chi connectivity index (χ3n) is 9.69. The molecule has 8 nitrogen and oxygen atoms in total. The van der Waals surface area contributed by atoms with Crippen LogP contribution < -0.4 is 14.7 Å². The van der Waals surface area contributed by atoms with Crippen molar-refractivity contribution in [3.05, 3.63) is 124 Å². The Morgan fingerprint density at radius 2 is 1.00 bits per heavy atom. The minimum atomic E-state index is -0.412. The second-order valence-corrected chi connectivity index (χ2v) is 12.2. The van der Waals surface area contributed by atoms with Gasteiger partial charge in [-0.1, -0.05) is 48.4 Å². The number of nitrogens with zero attached hydrogens (tertiary/aromatic N) is 2. The molecule has 0 fully saturated rings. The van der Waals surface area contributed by atoms with E-state index in [9.17, 15) is 19.2 Å². The van der Waals surface area contributed by atoms with Crippen LogP contribution in [0.3, 0.4) is 0 Å². The Kier molecular flexibility index (Phi) is 6.76. The molecule has 0 bridgehead atoms. The van der Waals surface area contributed by atoms with E-state index in [0.717, 1.165) is 21.9 Å². The van der Waals surface area contributed by atoms with Gasteiger partial charge in [0.2, 0.25) is 0 Å². The molecule has 0 atom stereocenters. The summed E-state index contributed by atoms with van der Waals surface area (Å²) in [5.41, 5.74) is 3.66. The molecular formula is C41H28N2O6. The molecule has 6 aromatic carbocycles. The molecule has 8 heteroatoms. The molecule has 2 heterocycles. The Labute approximate surface area is 281 Å². The van der Waals surface area contributed by atoms with E-state index in [1.165, 1.54) is 9.80 Å². The molecule has 0 aliphatic carbocycles. The van der Waals surface area contributed by atoms with Crippen molar-refractivity contribution in [3.8, 4) is 23.8 Å². The Balaban J connectivity index is 1.29. The number of imide groups is 2. The standard InChI is InChI=1S/C41H28N2O6/c1-5-27-28-14-18-32-37-33(41(47)43(40(32)46)21-24-8-12-26(49-4)13-9-24)19-16-30(36(28)37)29-15-17-31-34(35(27)29)22(2)38(44)42(39(31)45)20-23-6-10-25(48-3)11-7-23/h1,6-19H,20-21H2,2-4H3. The van der Waals surface area contributed by atoms with Crippen molar-refractivity contribution in [2.24, 2.45) is 0 Å². The fourth-order valence-electron chi connectivity index (χ4n) is 7.27. The lowest BCUT2D eigenvalue weighted by Crippen LogP contribution is -2.45. The lowest BCUT2D eigenvalue weighted by molar-refractivity contribution is -0.123. The average molecular weight is 645 g/mol. The number of amides is 4.